The smallest absolute Gasteiger partial charge is 0.300 e. The highest BCUT2D eigenvalue weighted by Gasteiger charge is 2.23. The highest BCUT2D eigenvalue weighted by Crippen LogP contribution is 2.43. The van der Waals surface area contributed by atoms with Crippen LogP contribution >= 0.6 is 95.6 Å². The quantitative estimate of drug-likeness (QED) is 0.0589. The summed E-state index contributed by atoms with van der Waals surface area (Å²) in [5.74, 6) is -0.713. The van der Waals surface area contributed by atoms with Crippen LogP contribution in [-0.2, 0) is 17.8 Å². The van der Waals surface area contributed by atoms with Gasteiger partial charge in [0.25, 0.3) is 5.97 Å². The van der Waals surface area contributed by atoms with Gasteiger partial charge in [-0.1, -0.05) is 381 Å². The molecule has 6 heterocycles. The number of carbonyl (C=O) groups excluding carboxylic acids is 2. The second-order valence-corrected chi connectivity index (χ2v) is 39.3. The normalized spacial score (nSPS) is 11.0. The van der Waals surface area contributed by atoms with Crippen molar-refractivity contribution in [3.63, 3.8) is 0 Å². The zero-order valence-corrected chi connectivity index (χ0v) is 88.3. The zero-order valence-electron chi connectivity index (χ0n) is 77.2. The van der Waals surface area contributed by atoms with Crippen LogP contribution in [0.15, 0.2) is 500 Å². The van der Waals surface area contributed by atoms with Gasteiger partial charge in [0, 0.05) is 129 Å². The molecule has 0 fully saturated rings. The maximum atomic E-state index is 12.0. The van der Waals surface area contributed by atoms with E-state index in [9.17, 15) is 9.59 Å². The fourth-order valence-electron chi connectivity index (χ4n) is 18.0. The molecule has 0 saturated carbocycles. The highest BCUT2D eigenvalue weighted by molar-refractivity contribution is 9.11. The minimum Gasteiger partial charge on any atom is -1.00 e. The van der Waals surface area contributed by atoms with Crippen molar-refractivity contribution >= 4 is 185 Å². The average Bonchev–Trinajstić information content (AvgIpc) is 1.58. The summed E-state index contributed by atoms with van der Waals surface area (Å²) < 4.78 is 15.1. The predicted octanol–water partition coefficient (Wildman–Crippen LogP) is 32.0. The summed E-state index contributed by atoms with van der Waals surface area (Å²) >= 11 is 20.9. The molecule has 0 saturated heterocycles. The minimum atomic E-state index is -0.833. The van der Waals surface area contributed by atoms with E-state index in [2.05, 4.69) is 437 Å². The van der Waals surface area contributed by atoms with Crippen molar-refractivity contribution in [3.05, 3.63) is 528 Å². The Morgan fingerprint density at radius 3 is 0.993 bits per heavy atom. The maximum absolute atomic E-state index is 12.0. The summed E-state index contributed by atoms with van der Waals surface area (Å²) in [6.45, 7) is 1.48. The van der Waals surface area contributed by atoms with Crippen LogP contribution in [0.4, 0.5) is 0 Å². The SMILES string of the molecule is Brc1ccc(-c2cc(-c3cc(Br)cc(Br)c3)cc(-c3ccccc3)n2)cc1.CC(=O)O.N.O=C(/C=C/c1cc(Br)cc(Br)c1)c1ccc(Br)cc1.O=C(C[n+]1ccccc1)c1ccccc1.[Br-].c1ccc(-c2cc(-c3cc(-n4c5ccccc5c5ccccc54)cc(-n4c5ccccc5c5ccccc54)c3)cc(-c3ccc(-n4c5ccccc5c5ccccc54)cc3)n2)cc1.c1ccc2c(c1)Cc1ccccc1-2. The average molecular weight is 2310 g/mol. The number of carboxylic acid groups (broad SMARTS) is 1. The van der Waals surface area contributed by atoms with Crippen molar-refractivity contribution in [2.45, 2.75) is 19.9 Å². The second-order valence-electron chi connectivity index (χ2n) is 33.8. The molecular formula is C125H90Br7N7O4. The van der Waals surface area contributed by atoms with Crippen LogP contribution in [0.3, 0.4) is 0 Å². The van der Waals surface area contributed by atoms with Gasteiger partial charge in [-0.05, 0) is 226 Å². The van der Waals surface area contributed by atoms with Gasteiger partial charge in [-0.25, -0.2) is 9.97 Å². The number of aliphatic carboxylic acids is 1. The Labute approximate surface area is 890 Å². The minimum absolute atomic E-state index is 0. The number of carbonyl (C=O) groups is 3. The lowest BCUT2D eigenvalue weighted by molar-refractivity contribution is -0.683. The molecule has 18 heteroatoms. The summed E-state index contributed by atoms with van der Waals surface area (Å²) in [6, 6.07) is 158. The Bertz CT molecular complexity index is 8200. The lowest BCUT2D eigenvalue weighted by Crippen LogP contribution is -3.00. The number of hydrogen-bond donors (Lipinski definition) is 2. The summed E-state index contributed by atoms with van der Waals surface area (Å²) in [4.78, 5) is 43.1. The summed E-state index contributed by atoms with van der Waals surface area (Å²) in [6.07, 6.45) is 8.27. The molecule has 4 N–H and O–H groups in total. The van der Waals surface area contributed by atoms with Crippen molar-refractivity contribution < 1.29 is 41.0 Å². The number of benzene rings is 17. The number of Topliss-reactive ketones (excluding diaryl/α,β-unsaturated/α-hetero) is 1. The molecule has 0 radical (unpaired) electrons. The molecule has 0 atom stereocenters. The molecule has 23 aromatic rings. The Morgan fingerprint density at radius 2 is 0.601 bits per heavy atom. The van der Waals surface area contributed by atoms with Gasteiger partial charge < -0.3 is 41.9 Å². The van der Waals surface area contributed by atoms with E-state index in [1.54, 1.807) is 24.3 Å². The summed E-state index contributed by atoms with van der Waals surface area (Å²) in [5.41, 5.74) is 31.1. The van der Waals surface area contributed by atoms with E-state index in [-0.39, 0.29) is 34.7 Å². The first-order valence-corrected chi connectivity index (χ1v) is 50.6. The number of para-hydroxylation sites is 6. The second kappa shape index (κ2) is 46.5. The topological polar surface area (TPSA) is 151 Å². The molecule has 17 aromatic carbocycles. The van der Waals surface area contributed by atoms with Gasteiger partial charge in [0.2, 0.25) is 12.3 Å². The van der Waals surface area contributed by atoms with Crippen molar-refractivity contribution in [1.29, 1.82) is 0 Å². The molecule has 698 valence electrons. The lowest BCUT2D eigenvalue weighted by atomic mass is 9.98. The first kappa shape index (κ1) is 100. The molecule has 0 spiro atoms. The number of fused-ring (bicyclic) bond motifs is 12. The van der Waals surface area contributed by atoms with Crippen LogP contribution < -0.4 is 27.7 Å². The number of ketones is 2. The van der Waals surface area contributed by atoms with Gasteiger partial charge in [0.15, 0.2) is 18.2 Å². The van der Waals surface area contributed by atoms with Gasteiger partial charge in [-0.3, -0.25) is 14.4 Å². The molecule has 11 nitrogen and oxygen atoms in total. The molecular weight excluding hydrogens is 2220 g/mol. The van der Waals surface area contributed by atoms with Gasteiger partial charge in [-0.15, -0.1) is 0 Å². The number of aromatic nitrogens is 6. The Balaban J connectivity index is 0.000000143. The Morgan fingerprint density at radius 1 is 0.301 bits per heavy atom. The molecule has 1 aliphatic rings. The van der Waals surface area contributed by atoms with Gasteiger partial charge >= 0.3 is 0 Å². The first-order valence-electron chi connectivity index (χ1n) is 45.8. The van der Waals surface area contributed by atoms with Crippen LogP contribution in [-0.4, -0.2) is 46.3 Å². The molecule has 1 aliphatic carbocycles. The number of pyridine rings is 3. The van der Waals surface area contributed by atoms with E-state index in [0.29, 0.717) is 12.1 Å². The molecule has 0 aliphatic heterocycles. The number of nitrogens with zero attached hydrogens (tertiary/aromatic N) is 6. The zero-order chi connectivity index (χ0) is 96.8. The van der Waals surface area contributed by atoms with Gasteiger partial charge in [-0.2, -0.15) is 4.57 Å². The number of allylic oxidation sites excluding steroid dienone is 1. The first-order chi connectivity index (χ1) is 68.9. The van der Waals surface area contributed by atoms with Crippen LogP contribution in [0.5, 0.6) is 0 Å². The third-order valence-electron chi connectivity index (χ3n) is 24.4. The molecule has 6 aromatic heterocycles. The molecule has 0 unspecified atom stereocenters. The fraction of sp³-hybridized carbons (Fsp3) is 0.0240. The monoisotopic (exact) mass is 2310 g/mol. The third-order valence-corrected chi connectivity index (χ3v) is 27.3. The van der Waals surface area contributed by atoms with Crippen LogP contribution in [0, 0.1) is 0 Å². The lowest BCUT2D eigenvalue weighted by Gasteiger charge is -2.17. The molecule has 0 amide bonds. The summed E-state index contributed by atoms with van der Waals surface area (Å²) in [7, 11) is 0. The van der Waals surface area contributed by atoms with Crippen LogP contribution in [0.25, 0.3) is 167 Å². The van der Waals surface area contributed by atoms with E-state index in [4.69, 9.17) is 19.9 Å². The number of halogens is 7. The molecule has 143 heavy (non-hydrogen) atoms. The molecule has 24 rings (SSSR count). The Kier molecular flexibility index (Phi) is 32.5. The van der Waals surface area contributed by atoms with E-state index >= 15 is 0 Å². The van der Waals surface area contributed by atoms with E-state index in [1.807, 2.05) is 132 Å². The van der Waals surface area contributed by atoms with Crippen molar-refractivity contribution in [2.24, 2.45) is 0 Å². The van der Waals surface area contributed by atoms with Crippen molar-refractivity contribution in [2.75, 3.05) is 0 Å². The van der Waals surface area contributed by atoms with Gasteiger partial charge in [0.1, 0.15) is 0 Å². The maximum Gasteiger partial charge on any atom is 0.300 e. The Hall–Kier alpha value is -14.5. The van der Waals surface area contributed by atoms with E-state index < -0.39 is 5.97 Å². The van der Waals surface area contributed by atoms with Gasteiger partial charge in [0.05, 0.1) is 55.9 Å². The van der Waals surface area contributed by atoms with Crippen LogP contribution in [0.2, 0.25) is 0 Å². The van der Waals surface area contributed by atoms with Crippen molar-refractivity contribution in [1.82, 2.24) is 29.8 Å². The number of carboxylic acids is 1. The number of hydrogen-bond acceptors (Lipinski definition) is 6. The van der Waals surface area contributed by atoms with Crippen LogP contribution in [0.1, 0.15) is 44.3 Å². The number of rotatable bonds is 15. The van der Waals surface area contributed by atoms with E-state index in [0.717, 1.165) is 136 Å². The largest absolute Gasteiger partial charge is 1.00 e. The molecule has 0 bridgehead atoms. The van der Waals surface area contributed by atoms with E-state index in [1.165, 1.54) is 87.7 Å². The fourth-order valence-corrected chi connectivity index (χ4v) is 21.2. The van der Waals surface area contributed by atoms with Crippen molar-refractivity contribution in [3.8, 4) is 95.5 Å². The summed E-state index contributed by atoms with van der Waals surface area (Å²) in [5, 5.41) is 14.9. The third kappa shape index (κ3) is 23.5. The highest BCUT2D eigenvalue weighted by atomic mass is 79.9. The predicted molar refractivity (Wildman–Crippen MR) is 607 cm³/mol. The standard InChI is InChI=1S/C59H38N4.C23H14Br3N.C15H9Br3O.C13H12NO.C13H10.C2H4O2.BrH.H3N/c1-2-16-39(17-3-1)52-36-42(37-53(60-52)40-30-32-43(33-31-40)61-54-24-10-4-18-46(54)47-19-5-11-25-55(47)61)41-34-44(62-56-26-12-6-20-48(56)49-21-7-13-27-57(49)62)38-45(35-41)63-58-28-14-8-22-50(58)51-23-9-15-29-59(51)63;24-19-8-6-16(7-9-19)23-13-18(17-10-20(25)14-21(26)11-17)12-22(27-23)15-4-2-1-3-5-15;16-12-4-2-11(3-5-12)15(19)6-1-10-7-13(17)9-14(18)8-10;15-13(12-7-3-1-4-8-12)11-14-9-5-2-6-10-14;1-3-7-12-10(5-1)9-11-6-2-4-8-13(11)12;1-2(3)4;;/h1-38H;1-14H;1-9H;1-10H,11H2;1-8H,9H2;1H3,(H,3,4);1H;1H3/q;;;+1;;;;/p-1/b;;6-1+;;;;;.